The molecule has 1 rings (SSSR count). The Kier molecular flexibility index (Phi) is 6.56. The molecule has 0 unspecified atom stereocenters. The smallest absolute Gasteiger partial charge is 0.351 e. The number of amides is 2. The number of alkyl halides is 3. The van der Waals surface area contributed by atoms with Crippen LogP contribution in [0.25, 0.3) is 5.57 Å². The fraction of sp³-hybridized carbons (Fsp3) is 0.250. The molecule has 7 heteroatoms. The molecule has 0 aliphatic rings. The number of carbonyl (C=O) groups excluding carboxylic acids is 2. The van der Waals surface area contributed by atoms with E-state index >= 15 is 0 Å². The lowest BCUT2D eigenvalue weighted by atomic mass is 10.00. The number of hydrogen-bond donors (Lipinski definition) is 2. The number of carbonyl (C=O) groups is 2. The second kappa shape index (κ2) is 8.17. The first-order chi connectivity index (χ1) is 10.8. The van der Waals surface area contributed by atoms with Crippen LogP contribution in [-0.4, -0.2) is 24.9 Å². The Morgan fingerprint density at radius 3 is 2.26 bits per heavy atom. The number of nitrogens with one attached hydrogen (secondary N) is 2. The normalized spacial score (nSPS) is 11.7. The van der Waals surface area contributed by atoms with Crippen LogP contribution in [0.4, 0.5) is 13.2 Å². The van der Waals surface area contributed by atoms with Crippen LogP contribution in [0.5, 0.6) is 0 Å². The molecule has 0 aliphatic carbocycles. The van der Waals surface area contributed by atoms with Crippen molar-refractivity contribution in [2.45, 2.75) is 13.1 Å². The van der Waals surface area contributed by atoms with E-state index in [4.69, 9.17) is 0 Å². The highest BCUT2D eigenvalue weighted by Crippen LogP contribution is 2.34. The van der Waals surface area contributed by atoms with Gasteiger partial charge in [0.05, 0.1) is 5.56 Å². The number of benzene rings is 1. The van der Waals surface area contributed by atoms with E-state index in [9.17, 15) is 22.8 Å². The van der Waals surface area contributed by atoms with Crippen LogP contribution in [0.15, 0.2) is 43.0 Å². The van der Waals surface area contributed by atoms with Gasteiger partial charge in [-0.3, -0.25) is 9.59 Å². The average molecular weight is 326 g/mol. The molecule has 0 saturated carbocycles. The zero-order chi connectivity index (χ0) is 17.5. The molecule has 2 amide bonds. The number of hydrogen-bond acceptors (Lipinski definition) is 2. The molecule has 1 aromatic rings. The fourth-order valence-corrected chi connectivity index (χ4v) is 1.84. The van der Waals surface area contributed by atoms with Crippen LogP contribution < -0.4 is 10.6 Å². The Morgan fingerprint density at radius 2 is 1.70 bits per heavy atom. The summed E-state index contributed by atoms with van der Waals surface area (Å²) >= 11 is 0. The quantitative estimate of drug-likeness (QED) is 0.623. The molecule has 2 N–H and O–H groups in total. The SMILES string of the molecule is C=CC(=O)NCCNC(=O)/C=C(\C)c1ccccc1C(F)(F)F. The summed E-state index contributed by atoms with van der Waals surface area (Å²) < 4.78 is 38.8. The highest BCUT2D eigenvalue weighted by atomic mass is 19.4. The first kappa shape index (κ1) is 18.5. The Balaban J connectivity index is 2.72. The molecule has 0 bridgehead atoms. The van der Waals surface area contributed by atoms with E-state index in [0.717, 1.165) is 18.2 Å². The zero-order valence-corrected chi connectivity index (χ0v) is 12.5. The lowest BCUT2D eigenvalue weighted by molar-refractivity contribution is -0.137. The van der Waals surface area contributed by atoms with Crippen molar-refractivity contribution in [3.8, 4) is 0 Å². The molecule has 0 aromatic heterocycles. The van der Waals surface area contributed by atoms with E-state index in [0.29, 0.717) is 0 Å². The molecular formula is C16H17F3N2O2. The summed E-state index contributed by atoms with van der Waals surface area (Å²) in [7, 11) is 0. The van der Waals surface area contributed by atoms with Gasteiger partial charge in [-0.25, -0.2) is 0 Å². The molecule has 4 nitrogen and oxygen atoms in total. The van der Waals surface area contributed by atoms with Gasteiger partial charge < -0.3 is 10.6 Å². The van der Waals surface area contributed by atoms with Gasteiger partial charge in [-0.05, 0) is 30.2 Å². The maximum atomic E-state index is 12.9. The molecule has 23 heavy (non-hydrogen) atoms. The van der Waals surface area contributed by atoms with Crippen molar-refractivity contribution in [3.63, 3.8) is 0 Å². The summed E-state index contributed by atoms with van der Waals surface area (Å²) in [5.41, 5.74) is -0.638. The largest absolute Gasteiger partial charge is 0.416 e. The Labute approximate surface area is 132 Å². The van der Waals surface area contributed by atoms with Gasteiger partial charge in [0.1, 0.15) is 0 Å². The number of rotatable bonds is 6. The van der Waals surface area contributed by atoms with Gasteiger partial charge in [0.2, 0.25) is 11.8 Å². The summed E-state index contributed by atoms with van der Waals surface area (Å²) in [6.45, 7) is 5.06. The molecule has 0 atom stereocenters. The van der Waals surface area contributed by atoms with Gasteiger partial charge in [-0.1, -0.05) is 24.8 Å². The van der Waals surface area contributed by atoms with Crippen molar-refractivity contribution in [1.29, 1.82) is 0 Å². The van der Waals surface area contributed by atoms with Crippen molar-refractivity contribution in [2.75, 3.05) is 13.1 Å². The summed E-state index contributed by atoms with van der Waals surface area (Å²) in [6.07, 6.45) is -2.29. The van der Waals surface area contributed by atoms with E-state index in [1.54, 1.807) is 0 Å². The van der Waals surface area contributed by atoms with E-state index in [-0.39, 0.29) is 30.1 Å². The molecule has 0 saturated heterocycles. The topological polar surface area (TPSA) is 58.2 Å². The number of allylic oxidation sites excluding steroid dienone is 1. The maximum Gasteiger partial charge on any atom is 0.416 e. The average Bonchev–Trinajstić information content (AvgIpc) is 2.50. The number of halogens is 3. The molecular weight excluding hydrogens is 309 g/mol. The predicted octanol–water partition coefficient (Wildman–Crippen LogP) is 2.53. The molecule has 124 valence electrons. The molecule has 0 aliphatic heterocycles. The van der Waals surface area contributed by atoms with E-state index in [1.807, 2.05) is 0 Å². The van der Waals surface area contributed by atoms with Crippen LogP contribution in [0.2, 0.25) is 0 Å². The standard InChI is InChI=1S/C16H17F3N2O2/c1-3-14(22)20-8-9-21-15(23)10-11(2)12-6-4-5-7-13(12)16(17,18)19/h3-7,10H,1,8-9H2,2H3,(H,20,22)(H,21,23)/b11-10+. The lowest BCUT2D eigenvalue weighted by Crippen LogP contribution is -2.33. The molecule has 0 spiro atoms. The summed E-state index contributed by atoms with van der Waals surface area (Å²) in [6, 6.07) is 5.05. The van der Waals surface area contributed by atoms with Gasteiger partial charge in [0, 0.05) is 19.2 Å². The van der Waals surface area contributed by atoms with Gasteiger partial charge >= 0.3 is 6.18 Å². The van der Waals surface area contributed by atoms with Gasteiger partial charge in [-0.15, -0.1) is 0 Å². The third-order valence-corrected chi connectivity index (χ3v) is 2.91. The van der Waals surface area contributed by atoms with Crippen molar-refractivity contribution >= 4 is 17.4 Å². The van der Waals surface area contributed by atoms with Gasteiger partial charge in [0.25, 0.3) is 0 Å². The van der Waals surface area contributed by atoms with Crippen LogP contribution in [0.3, 0.4) is 0 Å². The van der Waals surface area contributed by atoms with Gasteiger partial charge in [-0.2, -0.15) is 13.2 Å². The minimum atomic E-state index is -4.49. The first-order valence-corrected chi connectivity index (χ1v) is 6.78. The first-order valence-electron chi connectivity index (χ1n) is 6.78. The highest BCUT2D eigenvalue weighted by Gasteiger charge is 2.33. The monoisotopic (exact) mass is 326 g/mol. The molecule has 0 radical (unpaired) electrons. The summed E-state index contributed by atoms with van der Waals surface area (Å²) in [5.74, 6) is -0.905. The maximum absolute atomic E-state index is 12.9. The van der Waals surface area contributed by atoms with Crippen LogP contribution in [0, 0.1) is 0 Å². The Bertz CT molecular complexity index is 622. The second-order valence-electron chi connectivity index (χ2n) is 4.66. The summed E-state index contributed by atoms with van der Waals surface area (Å²) in [4.78, 5) is 22.6. The van der Waals surface area contributed by atoms with E-state index in [2.05, 4.69) is 17.2 Å². The van der Waals surface area contributed by atoms with Crippen LogP contribution >= 0.6 is 0 Å². The fourth-order valence-electron chi connectivity index (χ4n) is 1.84. The van der Waals surface area contributed by atoms with E-state index in [1.165, 1.54) is 25.1 Å². The third-order valence-electron chi connectivity index (χ3n) is 2.91. The van der Waals surface area contributed by atoms with Crippen LogP contribution in [-0.2, 0) is 15.8 Å². The van der Waals surface area contributed by atoms with Crippen molar-refractivity contribution in [1.82, 2.24) is 10.6 Å². The zero-order valence-electron chi connectivity index (χ0n) is 12.5. The molecule has 0 heterocycles. The van der Waals surface area contributed by atoms with Gasteiger partial charge in [0.15, 0.2) is 0 Å². The molecule has 1 aromatic carbocycles. The minimum absolute atomic E-state index is 0.0462. The Morgan fingerprint density at radius 1 is 1.13 bits per heavy atom. The second-order valence-corrected chi connectivity index (χ2v) is 4.66. The third kappa shape index (κ3) is 5.98. The molecule has 0 fully saturated rings. The summed E-state index contributed by atoms with van der Waals surface area (Å²) in [5, 5.41) is 4.94. The van der Waals surface area contributed by atoms with Crippen molar-refractivity contribution in [3.05, 3.63) is 54.1 Å². The van der Waals surface area contributed by atoms with E-state index < -0.39 is 17.6 Å². The van der Waals surface area contributed by atoms with Crippen molar-refractivity contribution < 1.29 is 22.8 Å². The van der Waals surface area contributed by atoms with Crippen LogP contribution in [0.1, 0.15) is 18.1 Å². The Hall–Kier alpha value is -2.57. The minimum Gasteiger partial charge on any atom is -0.351 e. The predicted molar refractivity (Wildman–Crippen MR) is 81.3 cm³/mol. The highest BCUT2D eigenvalue weighted by molar-refractivity contribution is 5.95. The van der Waals surface area contributed by atoms with Crippen molar-refractivity contribution in [2.24, 2.45) is 0 Å². The lowest BCUT2D eigenvalue weighted by Gasteiger charge is -2.13.